The van der Waals surface area contributed by atoms with Gasteiger partial charge in [0, 0.05) is 30.5 Å². The van der Waals surface area contributed by atoms with Gasteiger partial charge in [0.1, 0.15) is 0 Å². The first-order valence-electron chi connectivity index (χ1n) is 5.58. The topological polar surface area (TPSA) is 81.4 Å². The number of nitrogens with one attached hydrogen (secondary N) is 1. The van der Waals surface area contributed by atoms with E-state index in [-0.39, 0.29) is 23.8 Å². The molecule has 16 heavy (non-hydrogen) atoms. The average molecular weight is 224 g/mol. The standard InChI is InChI=1S/C11H16N2O3/c12-9(5-7-1-3-13-10(7)14)6-8-2-4-16-11(8)15/h6-7,9H,1-5,12H2,(H,13,14)/b8-6+/t7-,9-/m0/s1. The van der Waals surface area contributed by atoms with Crippen molar-refractivity contribution in [3.63, 3.8) is 0 Å². The lowest BCUT2D eigenvalue weighted by atomic mass is 9.97. The molecule has 2 saturated heterocycles. The molecular weight excluding hydrogens is 208 g/mol. The van der Waals surface area contributed by atoms with Crippen molar-refractivity contribution in [1.82, 2.24) is 5.32 Å². The summed E-state index contributed by atoms with van der Waals surface area (Å²) in [6.07, 6.45) is 3.80. The SMILES string of the molecule is N[C@H](/C=C1\CCOC1=O)C[C@@H]1CCNC1=O. The van der Waals surface area contributed by atoms with Gasteiger partial charge in [0.15, 0.2) is 0 Å². The van der Waals surface area contributed by atoms with E-state index in [4.69, 9.17) is 10.5 Å². The van der Waals surface area contributed by atoms with E-state index < -0.39 is 0 Å². The zero-order valence-corrected chi connectivity index (χ0v) is 9.07. The van der Waals surface area contributed by atoms with Gasteiger partial charge < -0.3 is 15.8 Å². The monoisotopic (exact) mass is 224 g/mol. The first kappa shape index (κ1) is 11.1. The average Bonchev–Trinajstić information content (AvgIpc) is 2.79. The molecule has 5 heteroatoms. The number of cyclic esters (lactones) is 1. The smallest absolute Gasteiger partial charge is 0.333 e. The van der Waals surface area contributed by atoms with E-state index in [0.717, 1.165) is 13.0 Å². The van der Waals surface area contributed by atoms with Crippen molar-refractivity contribution in [3.05, 3.63) is 11.6 Å². The maximum absolute atomic E-state index is 11.3. The highest BCUT2D eigenvalue weighted by Crippen LogP contribution is 2.19. The summed E-state index contributed by atoms with van der Waals surface area (Å²) >= 11 is 0. The van der Waals surface area contributed by atoms with Crippen LogP contribution in [0.4, 0.5) is 0 Å². The highest BCUT2D eigenvalue weighted by atomic mass is 16.5. The molecule has 0 aromatic carbocycles. The van der Waals surface area contributed by atoms with Crippen LogP contribution < -0.4 is 11.1 Å². The molecule has 0 spiro atoms. The van der Waals surface area contributed by atoms with Crippen molar-refractivity contribution in [2.45, 2.75) is 25.3 Å². The Morgan fingerprint density at radius 3 is 2.94 bits per heavy atom. The predicted molar refractivity (Wildman–Crippen MR) is 57.4 cm³/mol. The molecule has 0 saturated carbocycles. The Balaban J connectivity index is 1.90. The quantitative estimate of drug-likeness (QED) is 0.510. The lowest BCUT2D eigenvalue weighted by Gasteiger charge is -2.11. The van der Waals surface area contributed by atoms with Crippen LogP contribution in [-0.2, 0) is 14.3 Å². The fourth-order valence-electron chi connectivity index (χ4n) is 2.12. The molecule has 1 amide bonds. The van der Waals surface area contributed by atoms with Gasteiger partial charge in [0.05, 0.1) is 6.61 Å². The number of ether oxygens (including phenoxy) is 1. The fourth-order valence-corrected chi connectivity index (χ4v) is 2.12. The highest BCUT2D eigenvalue weighted by molar-refractivity contribution is 5.90. The summed E-state index contributed by atoms with van der Waals surface area (Å²) in [5.41, 5.74) is 6.54. The van der Waals surface area contributed by atoms with E-state index in [1.54, 1.807) is 6.08 Å². The van der Waals surface area contributed by atoms with Gasteiger partial charge in [-0.2, -0.15) is 0 Å². The number of hydrogen-bond acceptors (Lipinski definition) is 4. The second-order valence-electron chi connectivity index (χ2n) is 4.25. The Morgan fingerprint density at radius 1 is 1.56 bits per heavy atom. The maximum atomic E-state index is 11.3. The summed E-state index contributed by atoms with van der Waals surface area (Å²) in [4.78, 5) is 22.5. The Hall–Kier alpha value is -1.36. The van der Waals surface area contributed by atoms with Crippen molar-refractivity contribution in [2.75, 3.05) is 13.2 Å². The Morgan fingerprint density at radius 2 is 2.38 bits per heavy atom. The molecule has 3 N–H and O–H groups in total. The summed E-state index contributed by atoms with van der Waals surface area (Å²) in [5, 5.41) is 2.77. The molecule has 0 aliphatic carbocycles. The van der Waals surface area contributed by atoms with Gasteiger partial charge in [-0.1, -0.05) is 6.08 Å². The molecule has 2 aliphatic heterocycles. The van der Waals surface area contributed by atoms with Gasteiger partial charge in [-0.05, 0) is 12.8 Å². The van der Waals surface area contributed by atoms with E-state index in [1.165, 1.54) is 0 Å². The lowest BCUT2D eigenvalue weighted by molar-refractivity contribution is -0.135. The second kappa shape index (κ2) is 4.65. The first-order valence-corrected chi connectivity index (χ1v) is 5.58. The van der Waals surface area contributed by atoms with E-state index in [1.807, 2.05) is 0 Å². The molecule has 2 rings (SSSR count). The van der Waals surface area contributed by atoms with Crippen LogP contribution in [0.2, 0.25) is 0 Å². The molecule has 88 valence electrons. The van der Waals surface area contributed by atoms with Crippen LogP contribution in [0.25, 0.3) is 0 Å². The maximum Gasteiger partial charge on any atom is 0.333 e. The Bertz CT molecular complexity index is 338. The van der Waals surface area contributed by atoms with Crippen molar-refractivity contribution in [2.24, 2.45) is 11.7 Å². The van der Waals surface area contributed by atoms with Crippen molar-refractivity contribution in [3.8, 4) is 0 Å². The summed E-state index contributed by atoms with van der Waals surface area (Å²) < 4.78 is 4.82. The Kier molecular flexibility index (Phi) is 3.24. The zero-order chi connectivity index (χ0) is 11.5. The molecule has 2 aliphatic rings. The van der Waals surface area contributed by atoms with Crippen molar-refractivity contribution >= 4 is 11.9 Å². The molecule has 0 unspecified atom stereocenters. The van der Waals surface area contributed by atoms with Crippen LogP contribution in [0, 0.1) is 5.92 Å². The van der Waals surface area contributed by atoms with Crippen molar-refractivity contribution in [1.29, 1.82) is 0 Å². The van der Waals surface area contributed by atoms with Crippen LogP contribution in [-0.4, -0.2) is 31.1 Å². The number of rotatable bonds is 3. The van der Waals surface area contributed by atoms with Gasteiger partial charge in [-0.25, -0.2) is 4.79 Å². The third-order valence-electron chi connectivity index (χ3n) is 3.00. The normalized spacial score (nSPS) is 29.3. The summed E-state index contributed by atoms with van der Waals surface area (Å²) in [6, 6.07) is -0.241. The van der Waals surface area contributed by atoms with Crippen LogP contribution in [0.1, 0.15) is 19.3 Å². The number of carbonyl (C=O) groups is 2. The first-order chi connectivity index (χ1) is 7.66. The van der Waals surface area contributed by atoms with E-state index in [9.17, 15) is 9.59 Å². The fraction of sp³-hybridized carbons (Fsp3) is 0.636. The summed E-state index contributed by atoms with van der Waals surface area (Å²) in [6.45, 7) is 1.18. The zero-order valence-electron chi connectivity index (χ0n) is 9.07. The van der Waals surface area contributed by atoms with E-state index in [2.05, 4.69) is 5.32 Å². The number of nitrogens with two attached hydrogens (primary N) is 1. The minimum atomic E-state index is -0.272. The molecule has 0 radical (unpaired) electrons. The van der Waals surface area contributed by atoms with E-state index in [0.29, 0.717) is 25.0 Å². The predicted octanol–water partition coefficient (Wildman–Crippen LogP) is -0.287. The number of esters is 1. The molecule has 0 aromatic rings. The third kappa shape index (κ3) is 2.41. The number of hydrogen-bond donors (Lipinski definition) is 2. The van der Waals surface area contributed by atoms with Crippen molar-refractivity contribution < 1.29 is 14.3 Å². The summed E-state index contributed by atoms with van der Waals surface area (Å²) in [5.74, 6) is -0.210. The second-order valence-corrected chi connectivity index (χ2v) is 4.25. The van der Waals surface area contributed by atoms with Gasteiger partial charge in [-0.3, -0.25) is 4.79 Å². The molecule has 2 fully saturated rings. The van der Waals surface area contributed by atoms with Crippen LogP contribution >= 0.6 is 0 Å². The van der Waals surface area contributed by atoms with E-state index >= 15 is 0 Å². The number of amides is 1. The van der Waals surface area contributed by atoms with Crippen LogP contribution in [0.3, 0.4) is 0 Å². The van der Waals surface area contributed by atoms with Gasteiger partial charge >= 0.3 is 5.97 Å². The number of carbonyl (C=O) groups excluding carboxylic acids is 2. The van der Waals surface area contributed by atoms with Gasteiger partial charge in [-0.15, -0.1) is 0 Å². The molecule has 0 bridgehead atoms. The highest BCUT2D eigenvalue weighted by Gasteiger charge is 2.26. The molecular formula is C11H16N2O3. The van der Waals surface area contributed by atoms with Crippen LogP contribution in [0.5, 0.6) is 0 Å². The lowest BCUT2D eigenvalue weighted by Crippen LogP contribution is -2.27. The summed E-state index contributed by atoms with van der Waals surface area (Å²) in [7, 11) is 0. The van der Waals surface area contributed by atoms with Gasteiger partial charge in [0.25, 0.3) is 0 Å². The molecule has 2 atom stereocenters. The molecule has 5 nitrogen and oxygen atoms in total. The minimum Gasteiger partial charge on any atom is -0.462 e. The van der Waals surface area contributed by atoms with Gasteiger partial charge in [0.2, 0.25) is 5.91 Å². The molecule has 0 aromatic heterocycles. The molecule has 2 heterocycles. The third-order valence-corrected chi connectivity index (χ3v) is 3.00. The Labute approximate surface area is 94.0 Å². The minimum absolute atomic E-state index is 0.00993. The van der Waals surface area contributed by atoms with Crippen LogP contribution in [0.15, 0.2) is 11.6 Å². The largest absolute Gasteiger partial charge is 0.462 e.